The van der Waals surface area contributed by atoms with Gasteiger partial charge in [-0.15, -0.1) is 0 Å². The zero-order chi connectivity index (χ0) is 13.0. The molecule has 2 saturated carbocycles. The molecule has 2 atom stereocenters. The summed E-state index contributed by atoms with van der Waals surface area (Å²) in [5.41, 5.74) is 0. The summed E-state index contributed by atoms with van der Waals surface area (Å²) < 4.78 is 5.42. The van der Waals surface area contributed by atoms with Crippen LogP contribution in [0.1, 0.15) is 32.1 Å². The van der Waals surface area contributed by atoms with E-state index in [1.807, 2.05) is 0 Å². The minimum absolute atomic E-state index is 0.0197. The molecule has 0 bridgehead atoms. The van der Waals surface area contributed by atoms with E-state index in [4.69, 9.17) is 9.84 Å². The van der Waals surface area contributed by atoms with Gasteiger partial charge in [0.05, 0.1) is 12.5 Å². The van der Waals surface area contributed by atoms with Crippen LogP contribution >= 0.6 is 0 Å². The van der Waals surface area contributed by atoms with Crippen LogP contribution in [0.3, 0.4) is 0 Å². The average molecular weight is 255 g/mol. The van der Waals surface area contributed by atoms with Gasteiger partial charge in [-0.3, -0.25) is 9.59 Å². The number of carboxylic acid groups (broad SMARTS) is 1. The molecule has 0 heterocycles. The minimum atomic E-state index is -0.780. The Hall–Kier alpha value is -1.10. The molecule has 18 heavy (non-hydrogen) atoms. The van der Waals surface area contributed by atoms with Gasteiger partial charge in [0.15, 0.2) is 0 Å². The molecule has 2 rings (SSSR count). The standard InChI is InChI=1S/C13H21NO4/c15-12(10-3-4-11(7-10)13(16)17)14-5-6-18-8-9-1-2-9/h9-11H,1-8H2,(H,14,15)(H,16,17). The number of amides is 1. The highest BCUT2D eigenvalue weighted by Gasteiger charge is 2.33. The third-order valence-corrected chi connectivity index (χ3v) is 3.75. The van der Waals surface area contributed by atoms with Gasteiger partial charge in [-0.05, 0) is 38.0 Å². The maximum absolute atomic E-state index is 11.8. The van der Waals surface area contributed by atoms with Gasteiger partial charge in [-0.25, -0.2) is 0 Å². The van der Waals surface area contributed by atoms with Crippen molar-refractivity contribution in [2.75, 3.05) is 19.8 Å². The van der Waals surface area contributed by atoms with E-state index in [0.717, 1.165) is 12.5 Å². The molecule has 2 N–H and O–H groups in total. The highest BCUT2D eigenvalue weighted by Crippen LogP contribution is 2.31. The van der Waals surface area contributed by atoms with Crippen molar-refractivity contribution in [3.8, 4) is 0 Å². The molecule has 2 aliphatic carbocycles. The van der Waals surface area contributed by atoms with Gasteiger partial charge in [-0.1, -0.05) is 0 Å². The van der Waals surface area contributed by atoms with E-state index >= 15 is 0 Å². The third-order valence-electron chi connectivity index (χ3n) is 3.75. The molecule has 2 aliphatic rings. The molecule has 102 valence electrons. The minimum Gasteiger partial charge on any atom is -0.481 e. The molecular weight excluding hydrogens is 234 g/mol. The second-order valence-corrected chi connectivity index (χ2v) is 5.35. The van der Waals surface area contributed by atoms with Crippen LogP contribution in [-0.2, 0) is 14.3 Å². The second-order valence-electron chi connectivity index (χ2n) is 5.35. The number of aliphatic carboxylic acids is 1. The Morgan fingerprint density at radius 3 is 2.50 bits per heavy atom. The summed E-state index contributed by atoms with van der Waals surface area (Å²) >= 11 is 0. The van der Waals surface area contributed by atoms with Gasteiger partial charge < -0.3 is 15.2 Å². The smallest absolute Gasteiger partial charge is 0.306 e. The maximum atomic E-state index is 11.8. The summed E-state index contributed by atoms with van der Waals surface area (Å²) in [6, 6.07) is 0. The molecule has 2 fully saturated rings. The normalized spacial score (nSPS) is 27.1. The van der Waals surface area contributed by atoms with Crippen molar-refractivity contribution in [2.45, 2.75) is 32.1 Å². The fourth-order valence-corrected chi connectivity index (χ4v) is 2.37. The van der Waals surface area contributed by atoms with Crippen LogP contribution in [0.4, 0.5) is 0 Å². The highest BCUT2D eigenvalue weighted by molar-refractivity contribution is 5.80. The summed E-state index contributed by atoms with van der Waals surface area (Å²) in [6.45, 7) is 1.89. The van der Waals surface area contributed by atoms with Gasteiger partial charge in [0.2, 0.25) is 5.91 Å². The van der Waals surface area contributed by atoms with E-state index in [2.05, 4.69) is 5.32 Å². The summed E-state index contributed by atoms with van der Waals surface area (Å²) in [7, 11) is 0. The predicted octanol–water partition coefficient (Wildman–Crippen LogP) is 1.03. The quantitative estimate of drug-likeness (QED) is 0.666. The third kappa shape index (κ3) is 3.98. The first-order valence-corrected chi connectivity index (χ1v) is 6.75. The Balaban J connectivity index is 1.55. The van der Waals surface area contributed by atoms with E-state index in [9.17, 15) is 9.59 Å². The number of carbonyl (C=O) groups is 2. The van der Waals surface area contributed by atoms with Crippen LogP contribution in [0, 0.1) is 17.8 Å². The molecule has 0 saturated heterocycles. The molecule has 0 aromatic rings. The topological polar surface area (TPSA) is 75.6 Å². The lowest BCUT2D eigenvalue weighted by Crippen LogP contribution is -2.32. The van der Waals surface area contributed by atoms with Gasteiger partial charge in [0, 0.05) is 19.1 Å². The van der Waals surface area contributed by atoms with E-state index in [0.29, 0.717) is 32.4 Å². The van der Waals surface area contributed by atoms with Crippen LogP contribution in [0.2, 0.25) is 0 Å². The van der Waals surface area contributed by atoms with Crippen molar-refractivity contribution >= 4 is 11.9 Å². The van der Waals surface area contributed by atoms with Crippen LogP contribution in [0.15, 0.2) is 0 Å². The van der Waals surface area contributed by atoms with E-state index in [-0.39, 0.29) is 17.7 Å². The van der Waals surface area contributed by atoms with Gasteiger partial charge >= 0.3 is 5.97 Å². The van der Waals surface area contributed by atoms with E-state index in [1.54, 1.807) is 0 Å². The van der Waals surface area contributed by atoms with E-state index in [1.165, 1.54) is 12.8 Å². The Kier molecular flexibility index (Phi) is 4.58. The lowest BCUT2D eigenvalue weighted by Gasteiger charge is -2.10. The van der Waals surface area contributed by atoms with Crippen molar-refractivity contribution in [3.05, 3.63) is 0 Å². The number of nitrogens with one attached hydrogen (secondary N) is 1. The number of hydrogen-bond donors (Lipinski definition) is 2. The zero-order valence-corrected chi connectivity index (χ0v) is 10.6. The van der Waals surface area contributed by atoms with Crippen molar-refractivity contribution in [1.82, 2.24) is 5.32 Å². The number of ether oxygens (including phenoxy) is 1. The molecule has 0 aliphatic heterocycles. The molecule has 5 heteroatoms. The monoisotopic (exact) mass is 255 g/mol. The number of hydrogen-bond acceptors (Lipinski definition) is 3. The fourth-order valence-electron chi connectivity index (χ4n) is 2.37. The Bertz CT molecular complexity index is 314. The highest BCUT2D eigenvalue weighted by atomic mass is 16.5. The first kappa shape index (κ1) is 13.3. The van der Waals surface area contributed by atoms with Crippen molar-refractivity contribution in [3.63, 3.8) is 0 Å². The maximum Gasteiger partial charge on any atom is 0.306 e. The van der Waals surface area contributed by atoms with Crippen molar-refractivity contribution in [2.24, 2.45) is 17.8 Å². The molecule has 1 amide bonds. The number of carboxylic acids is 1. The average Bonchev–Trinajstić information content (AvgIpc) is 3.02. The molecule has 2 unspecified atom stereocenters. The van der Waals surface area contributed by atoms with Crippen molar-refractivity contribution in [1.29, 1.82) is 0 Å². The predicted molar refractivity (Wildman–Crippen MR) is 65.0 cm³/mol. The fraction of sp³-hybridized carbons (Fsp3) is 0.846. The Morgan fingerprint density at radius 2 is 1.89 bits per heavy atom. The SMILES string of the molecule is O=C(O)C1CCC(C(=O)NCCOCC2CC2)C1. The molecule has 0 aromatic heterocycles. The first-order chi connectivity index (χ1) is 8.66. The van der Waals surface area contributed by atoms with E-state index < -0.39 is 5.97 Å². The largest absolute Gasteiger partial charge is 0.481 e. The van der Waals surface area contributed by atoms with Crippen LogP contribution in [0.5, 0.6) is 0 Å². The lowest BCUT2D eigenvalue weighted by atomic mass is 10.0. The number of rotatable bonds is 7. The van der Waals surface area contributed by atoms with Gasteiger partial charge in [0.1, 0.15) is 0 Å². The van der Waals surface area contributed by atoms with Gasteiger partial charge in [0.25, 0.3) is 0 Å². The zero-order valence-electron chi connectivity index (χ0n) is 10.6. The lowest BCUT2D eigenvalue weighted by molar-refractivity contribution is -0.141. The summed E-state index contributed by atoms with van der Waals surface area (Å²) in [6.07, 6.45) is 4.32. The Morgan fingerprint density at radius 1 is 1.17 bits per heavy atom. The van der Waals surface area contributed by atoms with Crippen LogP contribution < -0.4 is 5.32 Å². The number of carbonyl (C=O) groups excluding carboxylic acids is 1. The summed E-state index contributed by atoms with van der Waals surface area (Å²) in [4.78, 5) is 22.6. The van der Waals surface area contributed by atoms with Crippen molar-refractivity contribution < 1.29 is 19.4 Å². The molecule has 5 nitrogen and oxygen atoms in total. The summed E-state index contributed by atoms with van der Waals surface area (Å²) in [5.74, 6) is -0.528. The molecule has 0 spiro atoms. The molecule has 0 radical (unpaired) electrons. The van der Waals surface area contributed by atoms with Gasteiger partial charge in [-0.2, -0.15) is 0 Å². The molecule has 0 aromatic carbocycles. The first-order valence-electron chi connectivity index (χ1n) is 6.75. The van der Waals surface area contributed by atoms with Crippen LogP contribution in [-0.4, -0.2) is 36.7 Å². The summed E-state index contributed by atoms with van der Waals surface area (Å²) in [5, 5.41) is 11.7. The van der Waals surface area contributed by atoms with Crippen LogP contribution in [0.25, 0.3) is 0 Å². The second kappa shape index (κ2) is 6.18. The molecular formula is C13H21NO4. The Labute approximate surface area is 107 Å².